The van der Waals surface area contributed by atoms with Gasteiger partial charge in [-0.2, -0.15) is 0 Å². The molecule has 3 N–H and O–H groups in total. The predicted molar refractivity (Wildman–Crippen MR) is 128 cm³/mol. The second kappa shape index (κ2) is 10.7. The minimum Gasteiger partial charge on any atom is -0.481 e. The summed E-state index contributed by atoms with van der Waals surface area (Å²) < 4.78 is 5.59. The van der Waals surface area contributed by atoms with Gasteiger partial charge in [-0.15, -0.1) is 0 Å². The Hall–Kier alpha value is -3.35. The molecule has 180 valence electrons. The molecule has 1 saturated carbocycles. The predicted octanol–water partition coefficient (Wildman–Crippen LogP) is 4.31. The van der Waals surface area contributed by atoms with E-state index in [1.54, 1.807) is 6.92 Å². The fraction of sp³-hybridized carbons (Fsp3) is 0.444. The summed E-state index contributed by atoms with van der Waals surface area (Å²) in [5, 5.41) is 14.7. The Morgan fingerprint density at radius 2 is 1.65 bits per heavy atom. The van der Waals surface area contributed by atoms with E-state index in [0.29, 0.717) is 32.4 Å². The number of hydrogen-bond acceptors (Lipinski definition) is 4. The minimum atomic E-state index is -0.810. The first-order chi connectivity index (χ1) is 16.4. The largest absolute Gasteiger partial charge is 0.481 e. The van der Waals surface area contributed by atoms with E-state index in [0.717, 1.165) is 12.8 Å². The van der Waals surface area contributed by atoms with Crippen molar-refractivity contribution < 1.29 is 24.2 Å². The number of nitrogens with one attached hydrogen (secondary N) is 2. The number of rotatable bonds is 10. The zero-order chi connectivity index (χ0) is 24.1. The molecule has 2 aliphatic rings. The van der Waals surface area contributed by atoms with Crippen molar-refractivity contribution in [2.24, 2.45) is 11.8 Å². The summed E-state index contributed by atoms with van der Waals surface area (Å²) in [6.07, 6.45) is 2.72. The quantitative estimate of drug-likeness (QED) is 0.455. The van der Waals surface area contributed by atoms with E-state index >= 15 is 0 Å². The number of carbonyl (C=O) groups is 3. The summed E-state index contributed by atoms with van der Waals surface area (Å²) in [5.74, 6) is -0.942. The maximum atomic E-state index is 12.4. The number of carboxylic acids is 1. The van der Waals surface area contributed by atoms with Gasteiger partial charge in [-0.3, -0.25) is 9.59 Å². The van der Waals surface area contributed by atoms with Crippen LogP contribution in [0.25, 0.3) is 11.1 Å². The van der Waals surface area contributed by atoms with Gasteiger partial charge < -0.3 is 20.5 Å². The van der Waals surface area contributed by atoms with Gasteiger partial charge in [-0.25, -0.2) is 4.79 Å². The smallest absolute Gasteiger partial charge is 0.407 e. The second-order valence-electron chi connectivity index (χ2n) is 9.44. The van der Waals surface area contributed by atoms with Gasteiger partial charge in [0.15, 0.2) is 0 Å². The number of carbonyl (C=O) groups excluding carboxylic acids is 2. The Morgan fingerprint density at radius 1 is 1.03 bits per heavy atom. The molecular weight excluding hydrogens is 432 g/mol. The third-order valence-electron chi connectivity index (χ3n) is 6.93. The maximum Gasteiger partial charge on any atom is 0.407 e. The van der Waals surface area contributed by atoms with E-state index < -0.39 is 18.0 Å². The maximum absolute atomic E-state index is 12.4. The van der Waals surface area contributed by atoms with Crippen LogP contribution in [0.15, 0.2) is 48.5 Å². The van der Waals surface area contributed by atoms with Gasteiger partial charge in [0, 0.05) is 24.9 Å². The van der Waals surface area contributed by atoms with Crippen molar-refractivity contribution in [1.82, 2.24) is 10.6 Å². The molecule has 0 spiro atoms. The fourth-order valence-electron chi connectivity index (χ4n) is 4.92. The van der Waals surface area contributed by atoms with Crippen LogP contribution in [0.3, 0.4) is 0 Å². The molecule has 0 radical (unpaired) electrons. The summed E-state index contributed by atoms with van der Waals surface area (Å²) in [6, 6.07) is 16.5. The standard InChI is InChI=1S/C27H32N2O5/c1-17(26(31)32)7-6-12-28-25(30)15-18-13-19(14-18)29-27(33)34-16-24-22-10-4-2-8-20(22)21-9-3-5-11-23(21)24/h2-5,8-11,17-19,24H,6-7,12-16H2,1H3,(H,28,30)(H,29,33)(H,31,32). The Morgan fingerprint density at radius 3 is 2.26 bits per heavy atom. The first-order valence-electron chi connectivity index (χ1n) is 12.0. The van der Waals surface area contributed by atoms with Gasteiger partial charge in [0.25, 0.3) is 0 Å². The van der Waals surface area contributed by atoms with E-state index in [1.807, 2.05) is 24.3 Å². The van der Waals surface area contributed by atoms with Crippen LogP contribution >= 0.6 is 0 Å². The summed E-state index contributed by atoms with van der Waals surface area (Å²) in [7, 11) is 0. The molecule has 1 atom stereocenters. The Bertz CT molecular complexity index is 1000. The molecular formula is C27H32N2O5. The van der Waals surface area contributed by atoms with E-state index in [2.05, 4.69) is 34.9 Å². The van der Waals surface area contributed by atoms with Crippen LogP contribution in [-0.4, -0.2) is 42.3 Å². The highest BCUT2D eigenvalue weighted by Gasteiger charge is 2.33. The molecule has 1 fully saturated rings. The summed E-state index contributed by atoms with van der Waals surface area (Å²) in [6.45, 7) is 2.45. The summed E-state index contributed by atoms with van der Waals surface area (Å²) in [4.78, 5) is 35.3. The van der Waals surface area contributed by atoms with Crippen LogP contribution in [0.2, 0.25) is 0 Å². The van der Waals surface area contributed by atoms with Gasteiger partial charge in [-0.1, -0.05) is 55.5 Å². The first kappa shape index (κ1) is 23.8. The zero-order valence-corrected chi connectivity index (χ0v) is 19.5. The van der Waals surface area contributed by atoms with Crippen molar-refractivity contribution in [3.63, 3.8) is 0 Å². The summed E-state index contributed by atoms with van der Waals surface area (Å²) >= 11 is 0. The van der Waals surface area contributed by atoms with E-state index in [-0.39, 0.29) is 23.8 Å². The number of fused-ring (bicyclic) bond motifs is 3. The van der Waals surface area contributed by atoms with Crippen molar-refractivity contribution >= 4 is 18.0 Å². The molecule has 2 aromatic rings. The number of hydrogen-bond donors (Lipinski definition) is 3. The normalized spacial score (nSPS) is 19.3. The molecule has 0 aliphatic heterocycles. The molecule has 2 aliphatic carbocycles. The highest BCUT2D eigenvalue weighted by molar-refractivity contribution is 5.79. The molecule has 1 unspecified atom stereocenters. The average molecular weight is 465 g/mol. The lowest BCUT2D eigenvalue weighted by Crippen LogP contribution is -2.46. The minimum absolute atomic E-state index is 0.0208. The van der Waals surface area contributed by atoms with Gasteiger partial charge in [0.2, 0.25) is 5.91 Å². The van der Waals surface area contributed by atoms with Crippen LogP contribution in [0.4, 0.5) is 4.79 Å². The van der Waals surface area contributed by atoms with E-state index in [4.69, 9.17) is 9.84 Å². The molecule has 2 amide bonds. The number of carboxylic acid groups (broad SMARTS) is 1. The van der Waals surface area contributed by atoms with Crippen molar-refractivity contribution in [1.29, 1.82) is 0 Å². The van der Waals surface area contributed by atoms with Gasteiger partial charge in [-0.05, 0) is 53.9 Å². The molecule has 34 heavy (non-hydrogen) atoms. The van der Waals surface area contributed by atoms with Crippen LogP contribution in [0, 0.1) is 11.8 Å². The number of aliphatic carboxylic acids is 1. The molecule has 2 aromatic carbocycles. The average Bonchev–Trinajstić information content (AvgIpc) is 3.12. The number of benzene rings is 2. The molecule has 0 heterocycles. The summed E-state index contributed by atoms with van der Waals surface area (Å²) in [5.41, 5.74) is 4.76. The van der Waals surface area contributed by atoms with Crippen LogP contribution in [-0.2, 0) is 14.3 Å². The third-order valence-corrected chi connectivity index (χ3v) is 6.93. The van der Waals surface area contributed by atoms with Crippen molar-refractivity contribution in [2.45, 2.75) is 51.0 Å². The second-order valence-corrected chi connectivity index (χ2v) is 9.44. The van der Waals surface area contributed by atoms with Crippen LogP contribution in [0.5, 0.6) is 0 Å². The van der Waals surface area contributed by atoms with Crippen molar-refractivity contribution in [3.8, 4) is 11.1 Å². The number of ether oxygens (including phenoxy) is 1. The van der Waals surface area contributed by atoms with Crippen LogP contribution < -0.4 is 10.6 Å². The monoisotopic (exact) mass is 464 g/mol. The van der Waals surface area contributed by atoms with Crippen molar-refractivity contribution in [3.05, 3.63) is 59.7 Å². The number of alkyl carbamates (subject to hydrolysis) is 1. The van der Waals surface area contributed by atoms with Gasteiger partial charge in [0.1, 0.15) is 6.61 Å². The Kier molecular flexibility index (Phi) is 7.50. The number of amides is 2. The Balaban J connectivity index is 1.15. The topological polar surface area (TPSA) is 105 Å². The third kappa shape index (κ3) is 5.58. The lowest BCUT2D eigenvalue weighted by molar-refractivity contribution is -0.141. The lowest BCUT2D eigenvalue weighted by atomic mass is 9.78. The van der Waals surface area contributed by atoms with E-state index in [1.165, 1.54) is 22.3 Å². The van der Waals surface area contributed by atoms with Gasteiger partial charge in [0.05, 0.1) is 5.92 Å². The first-order valence-corrected chi connectivity index (χ1v) is 12.0. The lowest BCUT2D eigenvalue weighted by Gasteiger charge is -2.35. The highest BCUT2D eigenvalue weighted by atomic mass is 16.5. The highest BCUT2D eigenvalue weighted by Crippen LogP contribution is 2.44. The Labute approximate surface area is 199 Å². The molecule has 0 bridgehead atoms. The SMILES string of the molecule is CC(CCCNC(=O)CC1CC(NC(=O)OCC2c3ccccc3-c3ccccc32)C1)C(=O)O. The van der Waals surface area contributed by atoms with E-state index in [9.17, 15) is 14.4 Å². The van der Waals surface area contributed by atoms with Crippen LogP contribution in [0.1, 0.15) is 56.1 Å². The van der Waals surface area contributed by atoms with Crippen molar-refractivity contribution in [2.75, 3.05) is 13.2 Å². The fourth-order valence-corrected chi connectivity index (χ4v) is 4.92. The molecule has 0 aromatic heterocycles. The molecule has 0 saturated heterocycles. The molecule has 7 heteroatoms. The molecule has 4 rings (SSSR count). The zero-order valence-electron chi connectivity index (χ0n) is 19.5. The van der Waals surface area contributed by atoms with Gasteiger partial charge >= 0.3 is 12.1 Å². The molecule has 7 nitrogen and oxygen atoms in total.